The first kappa shape index (κ1) is 11.4. The van der Waals surface area contributed by atoms with Crippen molar-refractivity contribution in [3.05, 3.63) is 35.9 Å². The van der Waals surface area contributed by atoms with Gasteiger partial charge in [-0.15, -0.1) is 0 Å². The molecular formula is C14H16N2O2. The summed E-state index contributed by atoms with van der Waals surface area (Å²) < 4.78 is 0. The summed E-state index contributed by atoms with van der Waals surface area (Å²) >= 11 is 0. The number of nitrogens with zero attached hydrogens (tertiary/aromatic N) is 1. The molecule has 4 nitrogen and oxygen atoms in total. The van der Waals surface area contributed by atoms with Crippen molar-refractivity contribution in [2.24, 2.45) is 5.92 Å². The van der Waals surface area contributed by atoms with Gasteiger partial charge in [0, 0.05) is 6.42 Å². The van der Waals surface area contributed by atoms with Crippen LogP contribution in [0.15, 0.2) is 30.3 Å². The lowest BCUT2D eigenvalue weighted by atomic mass is 10.0. The number of carbonyl (C=O) groups is 2. The number of rotatable bonds is 2. The van der Waals surface area contributed by atoms with Crippen molar-refractivity contribution in [2.75, 3.05) is 6.54 Å². The summed E-state index contributed by atoms with van der Waals surface area (Å²) in [4.78, 5) is 25.8. The smallest absolute Gasteiger partial charge is 0.246 e. The Morgan fingerprint density at radius 2 is 2.00 bits per heavy atom. The van der Waals surface area contributed by atoms with Crippen LogP contribution in [0.3, 0.4) is 0 Å². The van der Waals surface area contributed by atoms with Gasteiger partial charge in [0.05, 0.1) is 12.6 Å². The zero-order valence-corrected chi connectivity index (χ0v) is 10.1. The summed E-state index contributed by atoms with van der Waals surface area (Å²) in [7, 11) is 0. The van der Waals surface area contributed by atoms with Crippen molar-refractivity contribution in [1.82, 2.24) is 10.2 Å². The van der Waals surface area contributed by atoms with Gasteiger partial charge in [-0.25, -0.2) is 0 Å². The minimum Gasteiger partial charge on any atom is -0.306 e. The lowest BCUT2D eigenvalue weighted by Gasteiger charge is -2.23. The molecule has 2 aliphatic rings. The normalized spacial score (nSPS) is 27.4. The first-order valence-corrected chi connectivity index (χ1v) is 6.35. The van der Waals surface area contributed by atoms with E-state index in [1.54, 1.807) is 0 Å². The van der Waals surface area contributed by atoms with Crippen molar-refractivity contribution in [3.63, 3.8) is 0 Å². The third-order valence-electron chi connectivity index (χ3n) is 3.73. The second-order valence-electron chi connectivity index (χ2n) is 5.07. The highest BCUT2D eigenvalue weighted by atomic mass is 16.2. The molecule has 94 valence electrons. The fourth-order valence-corrected chi connectivity index (χ4v) is 2.75. The van der Waals surface area contributed by atoms with Gasteiger partial charge in [0.25, 0.3) is 0 Å². The van der Waals surface area contributed by atoms with E-state index in [-0.39, 0.29) is 17.9 Å². The predicted octanol–water partition coefficient (Wildman–Crippen LogP) is 0.924. The molecule has 0 aromatic heterocycles. The maximum Gasteiger partial charge on any atom is 0.246 e. The molecule has 3 rings (SSSR count). The van der Waals surface area contributed by atoms with Crippen LogP contribution in [0.5, 0.6) is 0 Å². The molecule has 1 aromatic rings. The first-order chi connectivity index (χ1) is 8.74. The summed E-state index contributed by atoms with van der Waals surface area (Å²) in [6.07, 6.45) is 1.29. The molecule has 2 fully saturated rings. The molecular weight excluding hydrogens is 228 g/mol. The third-order valence-corrected chi connectivity index (χ3v) is 3.73. The van der Waals surface area contributed by atoms with Gasteiger partial charge >= 0.3 is 0 Å². The third kappa shape index (κ3) is 2.04. The molecule has 2 heterocycles. The summed E-state index contributed by atoms with van der Waals surface area (Å²) in [5.41, 5.74) is 0.997. The Hall–Kier alpha value is -1.68. The van der Waals surface area contributed by atoms with Crippen molar-refractivity contribution >= 4 is 11.8 Å². The van der Waals surface area contributed by atoms with Gasteiger partial charge in [-0.2, -0.15) is 0 Å². The van der Waals surface area contributed by atoms with E-state index in [9.17, 15) is 9.59 Å². The zero-order chi connectivity index (χ0) is 12.5. The Morgan fingerprint density at radius 3 is 2.78 bits per heavy atom. The molecule has 4 heteroatoms. The van der Waals surface area contributed by atoms with Gasteiger partial charge in [0.2, 0.25) is 11.8 Å². The summed E-state index contributed by atoms with van der Waals surface area (Å²) in [5.74, 6) is 0.230. The van der Waals surface area contributed by atoms with E-state index in [1.165, 1.54) is 4.90 Å². The average molecular weight is 244 g/mol. The Labute approximate surface area is 106 Å². The molecule has 18 heavy (non-hydrogen) atoms. The van der Waals surface area contributed by atoms with Crippen LogP contribution in [-0.2, 0) is 16.1 Å². The van der Waals surface area contributed by atoms with Crippen molar-refractivity contribution < 1.29 is 9.59 Å². The van der Waals surface area contributed by atoms with Crippen LogP contribution < -0.4 is 5.32 Å². The quantitative estimate of drug-likeness (QED) is 0.787. The van der Waals surface area contributed by atoms with Crippen LogP contribution in [0.2, 0.25) is 0 Å². The Kier molecular flexibility index (Phi) is 2.88. The molecule has 2 atom stereocenters. The predicted molar refractivity (Wildman–Crippen MR) is 66.5 cm³/mol. The molecule has 2 saturated heterocycles. The van der Waals surface area contributed by atoms with Crippen LogP contribution in [0, 0.1) is 5.92 Å². The highest BCUT2D eigenvalue weighted by Gasteiger charge is 2.39. The fourth-order valence-electron chi connectivity index (χ4n) is 2.75. The standard InChI is InChI=1S/C14H16N2O2/c17-13-7-11-6-12(15-8-11)14(18)16(13)9-10-4-2-1-3-5-10/h1-5,11-12,15H,6-9H2. The Morgan fingerprint density at radius 1 is 1.22 bits per heavy atom. The Bertz CT molecular complexity index is 472. The maximum atomic E-state index is 12.3. The van der Waals surface area contributed by atoms with Crippen molar-refractivity contribution in [3.8, 4) is 0 Å². The van der Waals surface area contributed by atoms with Crippen LogP contribution in [0.4, 0.5) is 0 Å². The fraction of sp³-hybridized carbons (Fsp3) is 0.429. The summed E-state index contributed by atoms with van der Waals surface area (Å²) in [6, 6.07) is 9.50. The number of hydrogen-bond acceptors (Lipinski definition) is 3. The number of likely N-dealkylation sites (tertiary alicyclic amines) is 1. The largest absolute Gasteiger partial charge is 0.306 e. The average Bonchev–Trinajstić information content (AvgIpc) is 2.80. The molecule has 2 aliphatic heterocycles. The van der Waals surface area contributed by atoms with Crippen LogP contribution in [-0.4, -0.2) is 29.3 Å². The molecule has 1 N–H and O–H groups in total. The molecule has 2 unspecified atom stereocenters. The van der Waals surface area contributed by atoms with E-state index in [1.807, 2.05) is 30.3 Å². The van der Waals surface area contributed by atoms with Gasteiger partial charge < -0.3 is 5.32 Å². The lowest BCUT2D eigenvalue weighted by Crippen LogP contribution is -2.46. The summed E-state index contributed by atoms with van der Waals surface area (Å²) in [5, 5.41) is 3.20. The molecule has 0 aliphatic carbocycles. The van der Waals surface area contributed by atoms with Crippen molar-refractivity contribution in [1.29, 1.82) is 0 Å². The Balaban J connectivity index is 1.81. The van der Waals surface area contributed by atoms with Gasteiger partial charge in [-0.1, -0.05) is 30.3 Å². The van der Waals surface area contributed by atoms with E-state index in [0.717, 1.165) is 18.5 Å². The molecule has 0 saturated carbocycles. The maximum absolute atomic E-state index is 12.3. The number of benzene rings is 1. The van der Waals surface area contributed by atoms with Crippen molar-refractivity contribution in [2.45, 2.75) is 25.4 Å². The SMILES string of the molecule is O=C1CC2CNC(C2)C(=O)N1Cc1ccccc1. The second kappa shape index (κ2) is 4.53. The highest BCUT2D eigenvalue weighted by molar-refractivity contribution is 5.99. The van der Waals surface area contributed by atoms with E-state index in [0.29, 0.717) is 18.9 Å². The molecule has 2 bridgehead atoms. The first-order valence-electron chi connectivity index (χ1n) is 6.35. The van der Waals surface area contributed by atoms with Gasteiger partial charge in [-0.05, 0) is 24.4 Å². The van der Waals surface area contributed by atoms with E-state index in [4.69, 9.17) is 0 Å². The number of fused-ring (bicyclic) bond motifs is 2. The highest BCUT2D eigenvalue weighted by Crippen LogP contribution is 2.25. The molecule has 1 aromatic carbocycles. The second-order valence-corrected chi connectivity index (χ2v) is 5.07. The van der Waals surface area contributed by atoms with Gasteiger partial charge in [0.1, 0.15) is 0 Å². The topological polar surface area (TPSA) is 49.4 Å². The number of imide groups is 1. The van der Waals surface area contributed by atoms with Gasteiger partial charge in [-0.3, -0.25) is 14.5 Å². The molecule has 2 amide bonds. The zero-order valence-electron chi connectivity index (χ0n) is 10.1. The van der Waals surface area contributed by atoms with E-state index < -0.39 is 0 Å². The molecule has 0 radical (unpaired) electrons. The number of carbonyl (C=O) groups excluding carboxylic acids is 2. The van der Waals surface area contributed by atoms with Crippen LogP contribution in [0.1, 0.15) is 18.4 Å². The number of amides is 2. The molecule has 0 spiro atoms. The van der Waals surface area contributed by atoms with E-state index >= 15 is 0 Å². The minimum absolute atomic E-state index is 0.0298. The van der Waals surface area contributed by atoms with Crippen LogP contribution >= 0.6 is 0 Å². The monoisotopic (exact) mass is 244 g/mol. The lowest BCUT2D eigenvalue weighted by molar-refractivity contribution is -0.146. The number of hydrogen-bond donors (Lipinski definition) is 1. The van der Waals surface area contributed by atoms with Crippen LogP contribution in [0.25, 0.3) is 0 Å². The number of nitrogens with one attached hydrogen (secondary N) is 1. The summed E-state index contributed by atoms with van der Waals surface area (Å²) in [6.45, 7) is 1.19. The minimum atomic E-state index is -0.162. The van der Waals surface area contributed by atoms with Gasteiger partial charge in [0.15, 0.2) is 0 Å². The van der Waals surface area contributed by atoms with E-state index in [2.05, 4.69) is 5.32 Å².